The lowest BCUT2D eigenvalue weighted by Gasteiger charge is -2.11. The summed E-state index contributed by atoms with van der Waals surface area (Å²) in [5.74, 6) is 0.684. The zero-order chi connectivity index (χ0) is 11.0. The third-order valence-electron chi connectivity index (χ3n) is 1.56. The van der Waals surface area contributed by atoms with E-state index in [-0.39, 0.29) is 36.4 Å². The average molecular weight is 328 g/mol. The van der Waals surface area contributed by atoms with Crippen molar-refractivity contribution in [3.63, 3.8) is 0 Å². The molecule has 0 atom stereocenters. The maximum atomic E-state index is 11.2. The molecule has 0 saturated heterocycles. The molecule has 0 aromatic carbocycles. The molecule has 0 aliphatic rings. The number of nitrogens with zero attached hydrogens (tertiary/aromatic N) is 2. The Bertz CT molecular complexity index is 198. The van der Waals surface area contributed by atoms with Gasteiger partial charge < -0.3 is 15.5 Å². The Labute approximate surface area is 109 Å². The van der Waals surface area contributed by atoms with E-state index in [4.69, 9.17) is 0 Å². The summed E-state index contributed by atoms with van der Waals surface area (Å²) in [5, 5.41) is 6.09. The van der Waals surface area contributed by atoms with Crippen LogP contribution in [-0.2, 0) is 4.79 Å². The maximum Gasteiger partial charge on any atom is 0.243 e. The number of rotatable bonds is 4. The van der Waals surface area contributed by atoms with Gasteiger partial charge in [-0.2, -0.15) is 0 Å². The van der Waals surface area contributed by atoms with E-state index >= 15 is 0 Å². The zero-order valence-electron chi connectivity index (χ0n) is 9.83. The van der Waals surface area contributed by atoms with Gasteiger partial charge in [-0.1, -0.05) is 0 Å². The summed E-state index contributed by atoms with van der Waals surface area (Å²) in [6.07, 6.45) is 0. The minimum atomic E-state index is -0.00157. The van der Waals surface area contributed by atoms with Crippen molar-refractivity contribution in [3.8, 4) is 0 Å². The summed E-state index contributed by atoms with van der Waals surface area (Å²) in [6, 6.07) is 0. The lowest BCUT2D eigenvalue weighted by molar-refractivity contribution is -0.127. The van der Waals surface area contributed by atoms with Crippen LogP contribution in [0, 0.1) is 0 Å². The van der Waals surface area contributed by atoms with Crippen molar-refractivity contribution < 1.29 is 4.79 Å². The smallest absolute Gasteiger partial charge is 0.243 e. The summed E-state index contributed by atoms with van der Waals surface area (Å²) in [5.41, 5.74) is 0. The van der Waals surface area contributed by atoms with Gasteiger partial charge in [0.05, 0.1) is 0 Å². The molecule has 2 N–H and O–H groups in total. The number of carbonyl (C=O) groups is 1. The Balaban J connectivity index is 0. The first-order chi connectivity index (χ1) is 6.61. The average Bonchev–Trinajstić information content (AvgIpc) is 2.14. The molecule has 0 aromatic heterocycles. The molecule has 5 nitrogen and oxygen atoms in total. The number of guanidine groups is 1. The summed E-state index contributed by atoms with van der Waals surface area (Å²) in [6.45, 7) is 5.74. The number of hydrogen-bond donors (Lipinski definition) is 2. The molecule has 90 valence electrons. The van der Waals surface area contributed by atoms with Crippen molar-refractivity contribution in [1.82, 2.24) is 15.5 Å². The van der Waals surface area contributed by atoms with Crippen molar-refractivity contribution in [3.05, 3.63) is 0 Å². The van der Waals surface area contributed by atoms with Crippen LogP contribution in [0.25, 0.3) is 0 Å². The summed E-state index contributed by atoms with van der Waals surface area (Å²) >= 11 is 0. The van der Waals surface area contributed by atoms with E-state index in [1.165, 1.54) is 4.90 Å². The summed E-state index contributed by atoms with van der Waals surface area (Å²) in [7, 11) is 3.44. The molecule has 0 heterocycles. The van der Waals surface area contributed by atoms with Crippen LogP contribution in [0.15, 0.2) is 4.99 Å². The van der Waals surface area contributed by atoms with Gasteiger partial charge in [0, 0.05) is 27.2 Å². The molecule has 0 rings (SSSR count). The van der Waals surface area contributed by atoms with Crippen molar-refractivity contribution in [1.29, 1.82) is 0 Å². The van der Waals surface area contributed by atoms with Crippen molar-refractivity contribution in [2.75, 3.05) is 33.7 Å². The fourth-order valence-corrected chi connectivity index (χ4v) is 0.797. The monoisotopic (exact) mass is 328 g/mol. The van der Waals surface area contributed by atoms with Gasteiger partial charge in [-0.05, 0) is 13.8 Å². The quantitative estimate of drug-likeness (QED) is 0.442. The lowest BCUT2D eigenvalue weighted by Crippen LogP contribution is -2.38. The van der Waals surface area contributed by atoms with E-state index in [1.54, 1.807) is 14.1 Å². The van der Waals surface area contributed by atoms with Crippen LogP contribution in [-0.4, -0.2) is 50.5 Å². The third-order valence-corrected chi connectivity index (χ3v) is 1.56. The number of halogens is 1. The van der Waals surface area contributed by atoms with Crippen LogP contribution in [0.3, 0.4) is 0 Å². The molecule has 0 spiro atoms. The predicted octanol–water partition coefficient (Wildman–Crippen LogP) is 0.268. The van der Waals surface area contributed by atoms with E-state index in [0.717, 1.165) is 13.1 Å². The van der Waals surface area contributed by atoms with Gasteiger partial charge in [0.25, 0.3) is 0 Å². The SMILES string of the molecule is CCNC(=NCC(=O)N(C)C)NCC.I. The van der Waals surface area contributed by atoms with E-state index in [0.29, 0.717) is 5.96 Å². The second kappa shape index (κ2) is 10.0. The summed E-state index contributed by atoms with van der Waals surface area (Å²) in [4.78, 5) is 16.9. The van der Waals surface area contributed by atoms with Crippen LogP contribution in [0.2, 0.25) is 0 Å². The first-order valence-electron chi connectivity index (χ1n) is 4.84. The number of nitrogens with one attached hydrogen (secondary N) is 2. The lowest BCUT2D eigenvalue weighted by atomic mass is 10.5. The highest BCUT2D eigenvalue weighted by molar-refractivity contribution is 14.0. The minimum Gasteiger partial charge on any atom is -0.357 e. The Morgan fingerprint density at radius 3 is 2.00 bits per heavy atom. The van der Waals surface area contributed by atoms with Gasteiger partial charge >= 0.3 is 0 Å². The molecule has 0 aromatic rings. The number of aliphatic imine (C=N–C) groups is 1. The van der Waals surface area contributed by atoms with Crippen LogP contribution >= 0.6 is 24.0 Å². The van der Waals surface area contributed by atoms with Gasteiger partial charge in [0.2, 0.25) is 5.91 Å². The van der Waals surface area contributed by atoms with Gasteiger partial charge in [0.1, 0.15) is 6.54 Å². The Morgan fingerprint density at radius 1 is 1.20 bits per heavy atom. The normalized spacial score (nSPS) is 8.53. The van der Waals surface area contributed by atoms with E-state index in [1.807, 2.05) is 13.8 Å². The second-order valence-electron chi connectivity index (χ2n) is 3.01. The largest absolute Gasteiger partial charge is 0.357 e. The zero-order valence-corrected chi connectivity index (χ0v) is 12.2. The molecule has 0 saturated carbocycles. The van der Waals surface area contributed by atoms with E-state index in [2.05, 4.69) is 15.6 Å². The fourth-order valence-electron chi connectivity index (χ4n) is 0.797. The van der Waals surface area contributed by atoms with Gasteiger partial charge in [0.15, 0.2) is 5.96 Å². The third kappa shape index (κ3) is 8.46. The predicted molar refractivity (Wildman–Crippen MR) is 73.8 cm³/mol. The molecule has 0 radical (unpaired) electrons. The van der Waals surface area contributed by atoms with Crippen molar-refractivity contribution in [2.24, 2.45) is 4.99 Å². The highest BCUT2D eigenvalue weighted by atomic mass is 127. The molecule has 1 amide bonds. The Kier molecular flexibility index (Phi) is 11.3. The number of hydrogen-bond acceptors (Lipinski definition) is 2. The number of carbonyl (C=O) groups excluding carboxylic acids is 1. The van der Waals surface area contributed by atoms with Gasteiger partial charge in [-0.15, -0.1) is 24.0 Å². The molecule has 0 fully saturated rings. The first kappa shape index (κ1) is 16.9. The minimum absolute atomic E-state index is 0. The van der Waals surface area contributed by atoms with Crippen molar-refractivity contribution >= 4 is 35.8 Å². The van der Waals surface area contributed by atoms with Crippen LogP contribution in [0.4, 0.5) is 0 Å². The highest BCUT2D eigenvalue weighted by Gasteiger charge is 2.02. The molecule has 6 heteroatoms. The molecular weight excluding hydrogens is 307 g/mol. The maximum absolute atomic E-state index is 11.2. The Hall–Kier alpha value is -0.530. The van der Waals surface area contributed by atoms with Gasteiger partial charge in [-0.25, -0.2) is 4.99 Å². The summed E-state index contributed by atoms with van der Waals surface area (Å²) < 4.78 is 0. The van der Waals surface area contributed by atoms with Crippen LogP contribution in [0.1, 0.15) is 13.8 Å². The first-order valence-corrected chi connectivity index (χ1v) is 4.84. The van der Waals surface area contributed by atoms with Crippen LogP contribution < -0.4 is 10.6 Å². The molecular formula is C9H21IN4O. The standard InChI is InChI=1S/C9H20N4O.HI/c1-5-10-9(11-6-2)12-7-8(14)13(3)4;/h5-7H2,1-4H3,(H2,10,11,12);1H. The van der Waals surface area contributed by atoms with Gasteiger partial charge in [-0.3, -0.25) is 4.79 Å². The molecule has 15 heavy (non-hydrogen) atoms. The Morgan fingerprint density at radius 2 is 1.67 bits per heavy atom. The molecule has 0 aliphatic carbocycles. The number of likely N-dealkylation sites (N-methyl/N-ethyl adjacent to an activating group) is 1. The van der Waals surface area contributed by atoms with E-state index in [9.17, 15) is 4.79 Å². The fraction of sp³-hybridized carbons (Fsp3) is 0.778. The highest BCUT2D eigenvalue weighted by Crippen LogP contribution is 1.80. The van der Waals surface area contributed by atoms with Crippen molar-refractivity contribution in [2.45, 2.75) is 13.8 Å². The molecule has 0 unspecified atom stereocenters. The topological polar surface area (TPSA) is 56.7 Å². The van der Waals surface area contributed by atoms with Crippen LogP contribution in [0.5, 0.6) is 0 Å². The number of amides is 1. The van der Waals surface area contributed by atoms with E-state index < -0.39 is 0 Å². The molecule has 0 bridgehead atoms. The molecule has 0 aliphatic heterocycles. The second-order valence-corrected chi connectivity index (χ2v) is 3.01.